The Balaban J connectivity index is 1.31. The summed E-state index contributed by atoms with van der Waals surface area (Å²) < 4.78 is 15.3. The van der Waals surface area contributed by atoms with E-state index in [0.717, 1.165) is 83.9 Å². The van der Waals surface area contributed by atoms with Gasteiger partial charge in [-0.3, -0.25) is 0 Å². The lowest BCUT2D eigenvalue weighted by Gasteiger charge is -2.10. The van der Waals surface area contributed by atoms with Crippen molar-refractivity contribution in [3.05, 3.63) is 127 Å². The number of hydrogen-bond donors (Lipinski definition) is 0. The quantitative estimate of drug-likeness (QED) is 0.230. The minimum absolute atomic E-state index is 0.911. The van der Waals surface area contributed by atoms with Gasteiger partial charge in [0.2, 0.25) is 0 Å². The number of allylic oxidation sites excluding steroid dienone is 2. The number of para-hydroxylation sites is 3. The third-order valence-electron chi connectivity index (χ3n) is 8.20. The summed E-state index contributed by atoms with van der Waals surface area (Å²) in [6, 6.07) is 36.5. The first-order valence-corrected chi connectivity index (χ1v) is 13.7. The molecular weight excluding hydrogens is 490 g/mol. The number of fused-ring (bicyclic) bond motifs is 10. The van der Waals surface area contributed by atoms with Crippen LogP contribution in [0.5, 0.6) is 0 Å². The van der Waals surface area contributed by atoms with E-state index in [2.05, 4.69) is 120 Å². The van der Waals surface area contributed by atoms with Gasteiger partial charge >= 0.3 is 0 Å². The average Bonchev–Trinajstić information content (AvgIpc) is 3.60. The van der Waals surface area contributed by atoms with Crippen LogP contribution in [0.4, 0.5) is 0 Å². The van der Waals surface area contributed by atoms with E-state index in [1.807, 2.05) is 12.1 Å². The Morgan fingerprint density at radius 1 is 0.575 bits per heavy atom. The molecule has 3 heterocycles. The lowest BCUT2D eigenvalue weighted by atomic mass is 10.0. The van der Waals surface area contributed by atoms with Gasteiger partial charge in [-0.2, -0.15) is 0 Å². The molecule has 0 amide bonds. The topological polar surface area (TPSA) is 31.2 Å². The number of hydrogen-bond acceptors (Lipinski definition) is 2. The van der Waals surface area contributed by atoms with Crippen molar-refractivity contribution in [2.75, 3.05) is 0 Å². The molecule has 0 N–H and O–H groups in total. The first-order chi connectivity index (χ1) is 19.8. The van der Waals surface area contributed by atoms with Crippen molar-refractivity contribution >= 4 is 66.9 Å². The number of rotatable bonds is 2. The predicted molar refractivity (Wildman–Crippen MR) is 166 cm³/mol. The van der Waals surface area contributed by atoms with Crippen molar-refractivity contribution in [1.29, 1.82) is 0 Å². The summed E-state index contributed by atoms with van der Waals surface area (Å²) in [5.74, 6) is 0.925. The Labute approximate surface area is 229 Å². The van der Waals surface area contributed by atoms with E-state index in [1.54, 1.807) is 0 Å². The Morgan fingerprint density at radius 2 is 1.40 bits per heavy atom. The molecule has 0 radical (unpaired) electrons. The maximum Gasteiger partial charge on any atom is 0.145 e. The molecule has 9 rings (SSSR count). The molecule has 0 bridgehead atoms. The summed E-state index contributed by atoms with van der Waals surface area (Å²) >= 11 is 0. The summed E-state index contributed by atoms with van der Waals surface area (Å²) in [6.07, 6.45) is 9.56. The lowest BCUT2D eigenvalue weighted by Crippen LogP contribution is -1.94. The van der Waals surface area contributed by atoms with Crippen LogP contribution in [0.15, 0.2) is 124 Å². The number of nitrogens with zero attached hydrogens (tertiary/aromatic N) is 1. The van der Waals surface area contributed by atoms with Gasteiger partial charge in [0.25, 0.3) is 0 Å². The first kappa shape index (κ1) is 21.6. The van der Waals surface area contributed by atoms with Crippen molar-refractivity contribution in [2.45, 2.75) is 6.42 Å². The highest BCUT2D eigenvalue weighted by atomic mass is 16.3. The molecular formula is C37H23NO2. The molecule has 5 aromatic carbocycles. The number of aromatic nitrogens is 1. The van der Waals surface area contributed by atoms with Crippen LogP contribution in [-0.2, 0) is 0 Å². The van der Waals surface area contributed by atoms with Crippen LogP contribution in [0.25, 0.3) is 83.7 Å². The Bertz CT molecular complexity index is 2360. The highest BCUT2D eigenvalue weighted by molar-refractivity contribution is 6.21. The summed E-state index contributed by atoms with van der Waals surface area (Å²) in [6.45, 7) is 0. The van der Waals surface area contributed by atoms with Gasteiger partial charge in [0, 0.05) is 38.4 Å². The third kappa shape index (κ3) is 2.95. The van der Waals surface area contributed by atoms with E-state index in [4.69, 9.17) is 8.83 Å². The molecule has 0 unspecified atom stereocenters. The van der Waals surface area contributed by atoms with Gasteiger partial charge in [0.05, 0.1) is 16.4 Å². The summed E-state index contributed by atoms with van der Waals surface area (Å²) in [5, 5.41) is 5.76. The van der Waals surface area contributed by atoms with Crippen LogP contribution < -0.4 is 0 Å². The normalized spacial score (nSPS) is 13.2. The van der Waals surface area contributed by atoms with Crippen molar-refractivity contribution in [1.82, 2.24) is 4.57 Å². The second-order valence-electron chi connectivity index (χ2n) is 10.4. The average molecular weight is 514 g/mol. The Hall–Kier alpha value is -5.28. The maximum absolute atomic E-state index is 6.55. The van der Waals surface area contributed by atoms with Gasteiger partial charge in [0.15, 0.2) is 0 Å². The molecule has 3 heteroatoms. The van der Waals surface area contributed by atoms with Gasteiger partial charge < -0.3 is 13.4 Å². The second kappa shape index (κ2) is 8.11. The minimum atomic E-state index is 0.911. The van der Waals surface area contributed by atoms with Crippen molar-refractivity contribution in [3.63, 3.8) is 0 Å². The Morgan fingerprint density at radius 3 is 2.38 bits per heavy atom. The second-order valence-corrected chi connectivity index (χ2v) is 10.4. The van der Waals surface area contributed by atoms with Crippen LogP contribution in [-0.4, -0.2) is 4.57 Å². The zero-order valence-corrected chi connectivity index (χ0v) is 21.6. The molecule has 1 aliphatic carbocycles. The smallest absolute Gasteiger partial charge is 0.145 e. The fraction of sp³-hybridized carbons (Fsp3) is 0.0270. The molecule has 8 aromatic rings. The monoisotopic (exact) mass is 513 g/mol. The van der Waals surface area contributed by atoms with Crippen LogP contribution in [0.2, 0.25) is 0 Å². The zero-order chi connectivity index (χ0) is 26.2. The molecule has 0 saturated heterocycles. The van der Waals surface area contributed by atoms with Crippen LogP contribution in [0.1, 0.15) is 17.7 Å². The van der Waals surface area contributed by atoms with E-state index in [1.165, 1.54) is 5.39 Å². The van der Waals surface area contributed by atoms with Crippen molar-refractivity contribution in [3.8, 4) is 16.8 Å². The van der Waals surface area contributed by atoms with Gasteiger partial charge in [-0.1, -0.05) is 85.0 Å². The molecule has 3 nitrogen and oxygen atoms in total. The fourth-order valence-electron chi connectivity index (χ4n) is 6.44. The highest BCUT2D eigenvalue weighted by Crippen LogP contribution is 2.42. The molecule has 0 aliphatic heterocycles. The molecule has 1 aliphatic rings. The largest absolute Gasteiger partial charge is 0.455 e. The molecule has 40 heavy (non-hydrogen) atoms. The maximum atomic E-state index is 6.55. The van der Waals surface area contributed by atoms with E-state index in [9.17, 15) is 0 Å². The summed E-state index contributed by atoms with van der Waals surface area (Å²) in [4.78, 5) is 0. The van der Waals surface area contributed by atoms with Gasteiger partial charge in [0.1, 0.15) is 22.5 Å². The minimum Gasteiger partial charge on any atom is -0.455 e. The van der Waals surface area contributed by atoms with Crippen molar-refractivity contribution in [2.24, 2.45) is 0 Å². The van der Waals surface area contributed by atoms with Crippen LogP contribution in [0, 0.1) is 0 Å². The van der Waals surface area contributed by atoms with E-state index >= 15 is 0 Å². The molecule has 0 atom stereocenters. The number of benzene rings is 5. The molecule has 0 fully saturated rings. The first-order valence-electron chi connectivity index (χ1n) is 13.7. The van der Waals surface area contributed by atoms with Crippen LogP contribution in [0.3, 0.4) is 0 Å². The molecule has 3 aromatic heterocycles. The van der Waals surface area contributed by atoms with E-state index in [-0.39, 0.29) is 0 Å². The zero-order valence-electron chi connectivity index (χ0n) is 21.6. The third-order valence-corrected chi connectivity index (χ3v) is 8.20. The molecule has 0 spiro atoms. The van der Waals surface area contributed by atoms with E-state index in [0.29, 0.717) is 0 Å². The summed E-state index contributed by atoms with van der Waals surface area (Å²) in [5.41, 5.74) is 9.52. The highest BCUT2D eigenvalue weighted by Gasteiger charge is 2.20. The van der Waals surface area contributed by atoms with Crippen molar-refractivity contribution < 1.29 is 8.83 Å². The predicted octanol–water partition coefficient (Wildman–Crippen LogP) is 10.5. The Kier molecular flexibility index (Phi) is 4.39. The van der Waals surface area contributed by atoms with Gasteiger partial charge in [-0.25, -0.2) is 0 Å². The molecule has 0 saturated carbocycles. The van der Waals surface area contributed by atoms with E-state index < -0.39 is 0 Å². The standard InChI is InChI=1S/C37H23NO2/c1-2-12-27-29-20-21-32-35(37(29)40-34(27)18-3-1)30-14-4-6-17-31(30)38(32)24-11-8-10-23(22-24)25-15-9-16-28-26-13-5-7-19-33(26)39-36(25)28/h2-22H,1H2. The fourth-order valence-corrected chi connectivity index (χ4v) is 6.44. The van der Waals surface area contributed by atoms with Crippen LogP contribution >= 0.6 is 0 Å². The molecule has 188 valence electrons. The SMILES string of the molecule is C1=Cc2oc3c(ccc4c3c3ccccc3n4-c3cccc(-c4cccc5c4oc4ccccc45)c3)c2C=CC1. The summed E-state index contributed by atoms with van der Waals surface area (Å²) in [7, 11) is 0. The number of furan rings is 2. The van der Waals surface area contributed by atoms with Gasteiger partial charge in [-0.05, 0) is 54.5 Å². The van der Waals surface area contributed by atoms with Gasteiger partial charge in [-0.15, -0.1) is 0 Å². The lowest BCUT2D eigenvalue weighted by molar-refractivity contribution is 0.607.